The van der Waals surface area contributed by atoms with Crippen molar-refractivity contribution in [3.05, 3.63) is 0 Å². The number of rotatable bonds is 2. The van der Waals surface area contributed by atoms with Crippen molar-refractivity contribution in [1.29, 1.82) is 0 Å². The third kappa shape index (κ3) is 7.33. The Kier molecular flexibility index (Phi) is 4.11. The predicted molar refractivity (Wildman–Crippen MR) is 49.9 cm³/mol. The average molecular weight is 157 g/mol. The number of amidine groups is 1. The Hall–Kier alpha value is -0.570. The molecule has 0 heterocycles. The number of hydrogen-bond acceptors (Lipinski definition) is 2. The molecule has 3 N–H and O–H groups in total. The molecule has 0 aliphatic carbocycles. The van der Waals surface area contributed by atoms with Gasteiger partial charge in [0.25, 0.3) is 0 Å². The molecule has 66 valence electrons. The van der Waals surface area contributed by atoms with Crippen LogP contribution in [-0.4, -0.2) is 24.5 Å². The smallest absolute Gasteiger partial charge is 0.0936 e. The first kappa shape index (κ1) is 10.4. The van der Waals surface area contributed by atoms with Gasteiger partial charge in [-0.05, 0) is 27.7 Å². The first-order chi connectivity index (χ1) is 4.95. The van der Waals surface area contributed by atoms with Gasteiger partial charge in [0.15, 0.2) is 0 Å². The molecule has 0 aromatic rings. The molecule has 0 fully saturated rings. The van der Waals surface area contributed by atoms with Crippen LogP contribution < -0.4 is 11.1 Å². The van der Waals surface area contributed by atoms with E-state index in [1.165, 1.54) is 0 Å². The fraction of sp³-hybridized carbons (Fsp3) is 0.875. The van der Waals surface area contributed by atoms with Crippen LogP contribution in [0.3, 0.4) is 0 Å². The van der Waals surface area contributed by atoms with E-state index in [0.717, 1.165) is 5.84 Å². The summed E-state index contributed by atoms with van der Waals surface area (Å²) in [6, 6.07) is 0. The van der Waals surface area contributed by atoms with E-state index in [-0.39, 0.29) is 5.54 Å². The molecule has 0 saturated heterocycles. The van der Waals surface area contributed by atoms with Crippen molar-refractivity contribution in [2.75, 3.05) is 13.1 Å². The van der Waals surface area contributed by atoms with Gasteiger partial charge in [-0.3, -0.25) is 4.99 Å². The molecule has 0 saturated carbocycles. The van der Waals surface area contributed by atoms with E-state index < -0.39 is 0 Å². The van der Waals surface area contributed by atoms with E-state index >= 15 is 0 Å². The van der Waals surface area contributed by atoms with Gasteiger partial charge in [0.1, 0.15) is 0 Å². The highest BCUT2D eigenvalue weighted by molar-refractivity contribution is 5.80. The van der Waals surface area contributed by atoms with Crippen molar-refractivity contribution in [2.24, 2.45) is 10.7 Å². The van der Waals surface area contributed by atoms with Crippen LogP contribution in [0.15, 0.2) is 4.99 Å². The van der Waals surface area contributed by atoms with Crippen LogP contribution >= 0.6 is 0 Å². The molecule has 0 aromatic carbocycles. The Morgan fingerprint density at radius 2 is 2.00 bits per heavy atom. The molecule has 0 aliphatic heterocycles. The number of nitrogens with zero attached hydrogens (tertiary/aromatic N) is 1. The van der Waals surface area contributed by atoms with E-state index in [1.807, 2.05) is 6.92 Å². The summed E-state index contributed by atoms with van der Waals surface area (Å²) < 4.78 is 0. The van der Waals surface area contributed by atoms with Crippen LogP contribution in [-0.2, 0) is 0 Å². The minimum atomic E-state index is 0.0994. The van der Waals surface area contributed by atoms with Crippen molar-refractivity contribution in [2.45, 2.75) is 33.2 Å². The van der Waals surface area contributed by atoms with E-state index in [1.54, 1.807) is 0 Å². The van der Waals surface area contributed by atoms with Gasteiger partial charge in [0, 0.05) is 12.1 Å². The second-order valence-electron chi connectivity index (χ2n) is 3.63. The number of nitrogens with one attached hydrogen (secondary N) is 1. The van der Waals surface area contributed by atoms with Gasteiger partial charge in [-0.25, -0.2) is 0 Å². The largest absolute Gasteiger partial charge is 0.369 e. The number of nitrogens with two attached hydrogens (primary N) is 1. The lowest BCUT2D eigenvalue weighted by Gasteiger charge is -2.21. The van der Waals surface area contributed by atoms with Crippen molar-refractivity contribution >= 4 is 5.84 Å². The maximum absolute atomic E-state index is 5.31. The summed E-state index contributed by atoms with van der Waals surface area (Å²) in [7, 11) is 0. The zero-order chi connectivity index (χ0) is 8.91. The summed E-state index contributed by atoms with van der Waals surface area (Å²) in [6.07, 6.45) is 0. The highest BCUT2D eigenvalue weighted by Gasteiger charge is 2.08. The summed E-state index contributed by atoms with van der Waals surface area (Å²) in [5.41, 5.74) is 5.41. The third-order valence-electron chi connectivity index (χ3n) is 1.03. The SMILES string of the molecule is CC(=NCCN)NC(C)(C)C. The zero-order valence-electron chi connectivity index (χ0n) is 7.94. The lowest BCUT2D eigenvalue weighted by molar-refractivity contribution is 0.509. The second-order valence-corrected chi connectivity index (χ2v) is 3.63. The molecule has 0 bridgehead atoms. The van der Waals surface area contributed by atoms with Crippen LogP contribution in [0.5, 0.6) is 0 Å². The van der Waals surface area contributed by atoms with Gasteiger partial charge in [-0.15, -0.1) is 0 Å². The third-order valence-corrected chi connectivity index (χ3v) is 1.03. The van der Waals surface area contributed by atoms with E-state index in [0.29, 0.717) is 13.1 Å². The Balaban J connectivity index is 3.76. The van der Waals surface area contributed by atoms with Crippen molar-refractivity contribution in [1.82, 2.24) is 5.32 Å². The molecule has 0 aromatic heterocycles. The Bertz CT molecular complexity index is 133. The molecule has 0 spiro atoms. The summed E-state index contributed by atoms with van der Waals surface area (Å²) in [6.45, 7) is 9.59. The summed E-state index contributed by atoms with van der Waals surface area (Å²) in [5, 5.41) is 3.25. The van der Waals surface area contributed by atoms with Crippen LogP contribution in [0.1, 0.15) is 27.7 Å². The molecule has 11 heavy (non-hydrogen) atoms. The van der Waals surface area contributed by atoms with Crippen molar-refractivity contribution < 1.29 is 0 Å². The average Bonchev–Trinajstić information content (AvgIpc) is 1.79. The molecular weight excluding hydrogens is 138 g/mol. The van der Waals surface area contributed by atoms with Crippen LogP contribution in [0.25, 0.3) is 0 Å². The van der Waals surface area contributed by atoms with Crippen LogP contribution in [0.2, 0.25) is 0 Å². The molecule has 3 nitrogen and oxygen atoms in total. The second kappa shape index (κ2) is 4.34. The first-order valence-corrected chi connectivity index (χ1v) is 3.95. The molecule has 0 unspecified atom stereocenters. The highest BCUT2D eigenvalue weighted by atomic mass is 15.0. The van der Waals surface area contributed by atoms with Crippen LogP contribution in [0.4, 0.5) is 0 Å². The molecule has 0 aliphatic rings. The maximum Gasteiger partial charge on any atom is 0.0936 e. The Morgan fingerprint density at radius 3 is 2.36 bits per heavy atom. The van der Waals surface area contributed by atoms with E-state index in [2.05, 4.69) is 31.1 Å². The standard InChI is InChI=1S/C8H19N3/c1-7(10-6-5-9)11-8(2,3)4/h5-6,9H2,1-4H3,(H,10,11). The normalized spacial score (nSPS) is 13.4. The number of aliphatic imine (C=N–C) groups is 1. The topological polar surface area (TPSA) is 50.4 Å². The monoisotopic (exact) mass is 157 g/mol. The highest BCUT2D eigenvalue weighted by Crippen LogP contribution is 1.97. The van der Waals surface area contributed by atoms with Gasteiger partial charge in [-0.1, -0.05) is 0 Å². The lowest BCUT2D eigenvalue weighted by atomic mass is 10.1. The van der Waals surface area contributed by atoms with Gasteiger partial charge < -0.3 is 11.1 Å². The Morgan fingerprint density at radius 1 is 1.45 bits per heavy atom. The maximum atomic E-state index is 5.31. The molecule has 3 heteroatoms. The van der Waals surface area contributed by atoms with Gasteiger partial charge in [-0.2, -0.15) is 0 Å². The Labute approximate surface area is 69.1 Å². The predicted octanol–water partition coefficient (Wildman–Crippen LogP) is 0.752. The lowest BCUT2D eigenvalue weighted by Crippen LogP contribution is -2.39. The van der Waals surface area contributed by atoms with E-state index in [9.17, 15) is 0 Å². The minimum absolute atomic E-state index is 0.0994. The summed E-state index contributed by atoms with van der Waals surface area (Å²) in [4.78, 5) is 4.21. The van der Waals surface area contributed by atoms with E-state index in [4.69, 9.17) is 5.73 Å². The number of hydrogen-bond donors (Lipinski definition) is 2. The molecule has 0 radical (unpaired) electrons. The molecule has 0 atom stereocenters. The first-order valence-electron chi connectivity index (χ1n) is 3.95. The summed E-state index contributed by atoms with van der Waals surface area (Å²) in [5.74, 6) is 0.961. The molecule has 0 rings (SSSR count). The summed E-state index contributed by atoms with van der Waals surface area (Å²) >= 11 is 0. The van der Waals surface area contributed by atoms with Crippen LogP contribution in [0, 0.1) is 0 Å². The fourth-order valence-corrected chi connectivity index (χ4v) is 0.814. The fourth-order valence-electron chi connectivity index (χ4n) is 0.814. The molecule has 0 amide bonds. The minimum Gasteiger partial charge on any atom is -0.369 e. The zero-order valence-corrected chi connectivity index (χ0v) is 7.94. The van der Waals surface area contributed by atoms with Crippen molar-refractivity contribution in [3.8, 4) is 0 Å². The quantitative estimate of drug-likeness (QED) is 0.459. The van der Waals surface area contributed by atoms with Crippen molar-refractivity contribution in [3.63, 3.8) is 0 Å². The van der Waals surface area contributed by atoms with Gasteiger partial charge in [0.2, 0.25) is 0 Å². The van der Waals surface area contributed by atoms with Gasteiger partial charge in [0.05, 0.1) is 12.4 Å². The molecular formula is C8H19N3. The van der Waals surface area contributed by atoms with Gasteiger partial charge >= 0.3 is 0 Å².